The molecule has 3 rings (SSSR count). The number of aromatic carboxylic acids is 1. The van der Waals surface area contributed by atoms with Crippen molar-refractivity contribution < 1.29 is 29.4 Å². The van der Waals surface area contributed by atoms with E-state index in [1.54, 1.807) is 48.5 Å². The summed E-state index contributed by atoms with van der Waals surface area (Å²) >= 11 is 0. The first kappa shape index (κ1) is 27.6. The van der Waals surface area contributed by atoms with Crippen LogP contribution in [0.2, 0.25) is 0 Å². The standard InChI is InChI=1S/C28H28N4O6/c1-15(2)13-23(28(37)38)32-25(33)17-9-12-20(22(14-17)27(35)36)19-5-3-4-6-21(19)26(34)31-18-10-7-16(8-11-18)24(29)30/h3-12,14-15,23H,13H2,1-2H3,(H3,29,30)(H,31,34)(H,32,33)(H,35,36)(H,37,38)/t23-/m0/s1. The van der Waals surface area contributed by atoms with Crippen LogP contribution in [-0.2, 0) is 4.79 Å². The Morgan fingerprint density at radius 3 is 2.03 bits per heavy atom. The van der Waals surface area contributed by atoms with Gasteiger partial charge in [-0.1, -0.05) is 38.1 Å². The van der Waals surface area contributed by atoms with E-state index in [0.717, 1.165) is 6.07 Å². The molecular formula is C28H28N4O6. The summed E-state index contributed by atoms with van der Waals surface area (Å²) in [6, 6.07) is 15.7. The maximum absolute atomic E-state index is 13.1. The van der Waals surface area contributed by atoms with Crippen LogP contribution in [0.4, 0.5) is 5.69 Å². The summed E-state index contributed by atoms with van der Waals surface area (Å²) in [6.07, 6.45) is 0.213. The zero-order chi connectivity index (χ0) is 28.0. The van der Waals surface area contributed by atoms with Gasteiger partial charge in [-0.05, 0) is 65.9 Å². The number of nitrogens with two attached hydrogens (primary N) is 1. The quantitative estimate of drug-likeness (QED) is 0.175. The number of nitrogens with one attached hydrogen (secondary N) is 3. The Labute approximate surface area is 219 Å². The van der Waals surface area contributed by atoms with Gasteiger partial charge in [0.1, 0.15) is 11.9 Å². The molecule has 0 bridgehead atoms. The van der Waals surface area contributed by atoms with Gasteiger partial charge in [0, 0.05) is 22.4 Å². The number of hydrogen-bond donors (Lipinski definition) is 6. The molecule has 0 aliphatic heterocycles. The van der Waals surface area contributed by atoms with E-state index in [-0.39, 0.29) is 40.4 Å². The van der Waals surface area contributed by atoms with Crippen molar-refractivity contribution in [2.24, 2.45) is 11.7 Å². The van der Waals surface area contributed by atoms with Crippen molar-refractivity contribution in [3.05, 3.63) is 89.0 Å². The van der Waals surface area contributed by atoms with Crippen LogP contribution in [0.5, 0.6) is 0 Å². The number of aliphatic carboxylic acids is 1. The fourth-order valence-corrected chi connectivity index (χ4v) is 3.88. The number of anilines is 1. The number of benzene rings is 3. The van der Waals surface area contributed by atoms with E-state index >= 15 is 0 Å². The predicted molar refractivity (Wildman–Crippen MR) is 143 cm³/mol. The molecule has 196 valence electrons. The minimum Gasteiger partial charge on any atom is -0.480 e. The van der Waals surface area contributed by atoms with Crippen LogP contribution in [0, 0.1) is 11.3 Å². The molecular weight excluding hydrogens is 488 g/mol. The largest absolute Gasteiger partial charge is 0.480 e. The fraction of sp³-hybridized carbons (Fsp3) is 0.179. The van der Waals surface area contributed by atoms with Gasteiger partial charge in [0.25, 0.3) is 11.8 Å². The molecule has 38 heavy (non-hydrogen) atoms. The lowest BCUT2D eigenvalue weighted by molar-refractivity contribution is -0.139. The molecule has 2 amide bonds. The second-order valence-corrected chi connectivity index (χ2v) is 9.05. The topological polar surface area (TPSA) is 183 Å². The van der Waals surface area contributed by atoms with Crippen LogP contribution >= 0.6 is 0 Å². The number of carbonyl (C=O) groups is 4. The predicted octanol–water partition coefficient (Wildman–Crippen LogP) is 3.82. The van der Waals surface area contributed by atoms with Gasteiger partial charge in [-0.15, -0.1) is 0 Å². The van der Waals surface area contributed by atoms with Crippen molar-refractivity contribution in [1.29, 1.82) is 5.41 Å². The van der Waals surface area contributed by atoms with Crippen LogP contribution in [0.1, 0.15) is 56.9 Å². The monoisotopic (exact) mass is 516 g/mol. The Bertz CT molecular complexity index is 1400. The first-order chi connectivity index (χ1) is 18.0. The molecule has 0 heterocycles. The first-order valence-electron chi connectivity index (χ1n) is 11.7. The SMILES string of the molecule is CC(C)C[C@H](NC(=O)c1ccc(-c2ccccc2C(=O)Nc2ccc(C(=N)N)cc2)c(C(=O)O)c1)C(=O)O. The molecule has 10 heteroatoms. The molecule has 3 aromatic rings. The smallest absolute Gasteiger partial charge is 0.336 e. The van der Waals surface area contributed by atoms with Gasteiger partial charge in [0.15, 0.2) is 0 Å². The number of rotatable bonds is 10. The van der Waals surface area contributed by atoms with Crippen molar-refractivity contribution in [3.63, 3.8) is 0 Å². The number of carboxylic acids is 2. The minimum atomic E-state index is -1.32. The molecule has 0 aromatic heterocycles. The molecule has 10 nitrogen and oxygen atoms in total. The molecule has 0 aliphatic carbocycles. The number of amidine groups is 1. The molecule has 0 spiro atoms. The summed E-state index contributed by atoms with van der Waals surface area (Å²) in [5.41, 5.74) is 6.91. The second-order valence-electron chi connectivity index (χ2n) is 9.05. The third kappa shape index (κ3) is 6.61. The average Bonchev–Trinajstić information content (AvgIpc) is 2.87. The maximum atomic E-state index is 13.1. The first-order valence-corrected chi connectivity index (χ1v) is 11.7. The summed E-state index contributed by atoms with van der Waals surface area (Å²) in [5, 5.41) is 32.0. The van der Waals surface area contributed by atoms with E-state index < -0.39 is 29.8 Å². The molecule has 1 atom stereocenters. The third-order valence-electron chi connectivity index (χ3n) is 5.74. The van der Waals surface area contributed by atoms with E-state index in [1.165, 1.54) is 12.1 Å². The van der Waals surface area contributed by atoms with Gasteiger partial charge < -0.3 is 26.6 Å². The number of nitrogen functional groups attached to an aromatic ring is 1. The van der Waals surface area contributed by atoms with E-state index in [4.69, 9.17) is 11.1 Å². The third-order valence-corrected chi connectivity index (χ3v) is 5.74. The maximum Gasteiger partial charge on any atom is 0.336 e. The van der Waals surface area contributed by atoms with Crippen LogP contribution in [-0.4, -0.2) is 45.8 Å². The minimum absolute atomic E-state index is 0.0167. The molecule has 0 saturated carbocycles. The molecule has 0 saturated heterocycles. The highest BCUT2D eigenvalue weighted by molar-refractivity contribution is 6.11. The van der Waals surface area contributed by atoms with Gasteiger partial charge in [-0.3, -0.25) is 15.0 Å². The molecule has 0 fully saturated rings. The van der Waals surface area contributed by atoms with Crippen LogP contribution in [0.15, 0.2) is 66.7 Å². The van der Waals surface area contributed by atoms with Crippen molar-refractivity contribution in [3.8, 4) is 11.1 Å². The van der Waals surface area contributed by atoms with Crippen LogP contribution in [0.3, 0.4) is 0 Å². The van der Waals surface area contributed by atoms with E-state index in [0.29, 0.717) is 16.8 Å². The molecule has 0 radical (unpaired) electrons. The summed E-state index contributed by atoms with van der Waals surface area (Å²) in [7, 11) is 0. The van der Waals surface area contributed by atoms with Crippen molar-refractivity contribution in [1.82, 2.24) is 5.32 Å². The van der Waals surface area contributed by atoms with Gasteiger partial charge in [-0.25, -0.2) is 9.59 Å². The highest BCUT2D eigenvalue weighted by Crippen LogP contribution is 2.29. The lowest BCUT2D eigenvalue weighted by Crippen LogP contribution is -2.41. The van der Waals surface area contributed by atoms with Crippen molar-refractivity contribution >= 4 is 35.3 Å². The summed E-state index contributed by atoms with van der Waals surface area (Å²) < 4.78 is 0. The molecule has 0 unspecified atom stereocenters. The number of carboxylic acid groups (broad SMARTS) is 2. The van der Waals surface area contributed by atoms with Gasteiger partial charge in [0.05, 0.1) is 5.56 Å². The number of hydrogen-bond acceptors (Lipinski definition) is 5. The zero-order valence-corrected chi connectivity index (χ0v) is 20.8. The lowest BCUT2D eigenvalue weighted by atomic mass is 9.93. The Morgan fingerprint density at radius 1 is 0.842 bits per heavy atom. The zero-order valence-electron chi connectivity index (χ0n) is 20.8. The number of amides is 2. The molecule has 7 N–H and O–H groups in total. The average molecular weight is 517 g/mol. The van der Waals surface area contributed by atoms with E-state index in [2.05, 4.69) is 10.6 Å². The van der Waals surface area contributed by atoms with Gasteiger partial charge in [-0.2, -0.15) is 0 Å². The highest BCUT2D eigenvalue weighted by Gasteiger charge is 2.24. The highest BCUT2D eigenvalue weighted by atomic mass is 16.4. The fourth-order valence-electron chi connectivity index (χ4n) is 3.88. The van der Waals surface area contributed by atoms with E-state index in [1.807, 2.05) is 13.8 Å². The Kier molecular flexibility index (Phi) is 8.59. The lowest BCUT2D eigenvalue weighted by Gasteiger charge is -2.17. The summed E-state index contributed by atoms with van der Waals surface area (Å²) in [6.45, 7) is 3.66. The van der Waals surface area contributed by atoms with Crippen molar-refractivity contribution in [2.45, 2.75) is 26.3 Å². The molecule has 3 aromatic carbocycles. The molecule has 0 aliphatic rings. The van der Waals surface area contributed by atoms with Crippen LogP contribution < -0.4 is 16.4 Å². The summed E-state index contributed by atoms with van der Waals surface area (Å²) in [4.78, 5) is 49.6. The van der Waals surface area contributed by atoms with Gasteiger partial charge >= 0.3 is 11.9 Å². The summed E-state index contributed by atoms with van der Waals surface area (Å²) in [5.74, 6) is -3.80. The Balaban J connectivity index is 1.94. The normalized spacial score (nSPS) is 11.4. The Morgan fingerprint density at radius 2 is 1.45 bits per heavy atom. The Hall–Kier alpha value is -4.99. The van der Waals surface area contributed by atoms with Gasteiger partial charge in [0.2, 0.25) is 0 Å². The van der Waals surface area contributed by atoms with Crippen molar-refractivity contribution in [2.75, 3.05) is 5.32 Å². The van der Waals surface area contributed by atoms with E-state index in [9.17, 15) is 29.4 Å². The second kappa shape index (κ2) is 11.8. The number of carbonyl (C=O) groups excluding carboxylic acids is 2. The van der Waals surface area contributed by atoms with Crippen LogP contribution in [0.25, 0.3) is 11.1 Å².